The van der Waals surface area contributed by atoms with E-state index >= 15 is 0 Å². The number of nitrogens with one attached hydrogen (secondary N) is 1. The Morgan fingerprint density at radius 2 is 2.15 bits per heavy atom. The number of carbonyl (C=O) groups excluding carboxylic acids is 2. The third-order valence-corrected chi connectivity index (χ3v) is 5.07. The number of hydrogen-bond acceptors (Lipinski definition) is 4. The summed E-state index contributed by atoms with van der Waals surface area (Å²) in [7, 11) is 0. The van der Waals surface area contributed by atoms with Crippen LogP contribution in [-0.2, 0) is 29.2 Å². The summed E-state index contributed by atoms with van der Waals surface area (Å²) in [6.45, 7) is 8.33. The van der Waals surface area contributed by atoms with Crippen molar-refractivity contribution in [2.45, 2.75) is 53.2 Å². The van der Waals surface area contributed by atoms with Crippen molar-refractivity contribution in [3.05, 3.63) is 47.0 Å². The number of hydrogen-bond donors (Lipinski definition) is 1. The van der Waals surface area contributed by atoms with Gasteiger partial charge in [-0.3, -0.25) is 19.3 Å². The van der Waals surface area contributed by atoms with E-state index in [-0.39, 0.29) is 24.2 Å². The maximum Gasteiger partial charge on any atom is 0.225 e. The fourth-order valence-corrected chi connectivity index (χ4v) is 3.53. The normalized spacial score (nSPS) is 16.8. The van der Waals surface area contributed by atoms with Crippen LogP contribution in [0, 0.1) is 19.8 Å². The summed E-state index contributed by atoms with van der Waals surface area (Å²) in [4.78, 5) is 30.8. The molecule has 0 radical (unpaired) electrons. The molecule has 1 atom stereocenters. The fraction of sp³-hybridized carbons (Fsp3) is 0.500. The molecule has 27 heavy (non-hydrogen) atoms. The third-order valence-electron chi connectivity index (χ3n) is 5.07. The monoisotopic (exact) mass is 369 g/mol. The van der Waals surface area contributed by atoms with Crippen LogP contribution in [0.1, 0.15) is 42.4 Å². The van der Waals surface area contributed by atoms with Crippen molar-refractivity contribution in [2.24, 2.45) is 5.92 Å². The van der Waals surface area contributed by atoms with Crippen LogP contribution in [0.25, 0.3) is 0 Å². The van der Waals surface area contributed by atoms with Crippen molar-refractivity contribution in [2.75, 3.05) is 6.54 Å². The second-order valence-electron chi connectivity index (χ2n) is 7.09. The zero-order valence-electron chi connectivity index (χ0n) is 16.2. The molecule has 1 fully saturated rings. The number of pyridine rings is 1. The Balaban J connectivity index is 1.57. The Labute approximate surface area is 159 Å². The van der Waals surface area contributed by atoms with Crippen molar-refractivity contribution in [3.63, 3.8) is 0 Å². The minimum absolute atomic E-state index is 0.00364. The first-order chi connectivity index (χ1) is 13.0. The van der Waals surface area contributed by atoms with Gasteiger partial charge in [-0.1, -0.05) is 13.0 Å². The Morgan fingerprint density at radius 3 is 2.85 bits per heavy atom. The number of aryl methyl sites for hydroxylation is 2. The molecule has 2 aromatic heterocycles. The fourth-order valence-electron chi connectivity index (χ4n) is 3.53. The van der Waals surface area contributed by atoms with Crippen LogP contribution >= 0.6 is 0 Å². The highest BCUT2D eigenvalue weighted by molar-refractivity contribution is 5.89. The highest BCUT2D eigenvalue weighted by atomic mass is 16.2. The van der Waals surface area contributed by atoms with Crippen molar-refractivity contribution >= 4 is 11.8 Å². The Hall–Kier alpha value is -2.70. The van der Waals surface area contributed by atoms with Gasteiger partial charge in [-0.25, -0.2) is 0 Å². The van der Waals surface area contributed by atoms with Crippen molar-refractivity contribution < 1.29 is 9.59 Å². The second kappa shape index (κ2) is 8.33. The van der Waals surface area contributed by atoms with Crippen LogP contribution in [0.4, 0.5) is 0 Å². The lowest BCUT2D eigenvalue weighted by Crippen LogP contribution is -2.32. The minimum Gasteiger partial charge on any atom is -0.352 e. The van der Waals surface area contributed by atoms with E-state index in [0.29, 0.717) is 19.6 Å². The molecule has 0 spiro atoms. The molecule has 7 heteroatoms. The Morgan fingerprint density at radius 1 is 1.33 bits per heavy atom. The molecule has 0 saturated carbocycles. The molecule has 3 rings (SSSR count). The van der Waals surface area contributed by atoms with Crippen LogP contribution in [0.2, 0.25) is 0 Å². The van der Waals surface area contributed by atoms with Gasteiger partial charge in [0, 0.05) is 43.5 Å². The molecule has 7 nitrogen and oxygen atoms in total. The zero-order chi connectivity index (χ0) is 19.4. The number of nitrogens with zero attached hydrogens (tertiary/aromatic N) is 4. The summed E-state index contributed by atoms with van der Waals surface area (Å²) in [5.41, 5.74) is 3.93. The van der Waals surface area contributed by atoms with Crippen LogP contribution in [0.15, 0.2) is 24.4 Å². The number of rotatable bonds is 7. The first-order valence-corrected chi connectivity index (χ1v) is 9.47. The van der Waals surface area contributed by atoms with E-state index in [9.17, 15) is 9.59 Å². The molecule has 0 bridgehead atoms. The molecule has 0 aromatic carbocycles. The standard InChI is InChI=1S/C20H27N5O2/c1-4-9-25-15(3)18(14(2)23-25)11-22-20(27)16-10-19(26)24(12-16)13-17-7-5-6-8-21-17/h5-8,16H,4,9-13H2,1-3H3,(H,22,27). The summed E-state index contributed by atoms with van der Waals surface area (Å²) in [5.74, 6) is -0.384. The molecule has 3 heterocycles. The lowest BCUT2D eigenvalue weighted by atomic mass is 10.1. The topological polar surface area (TPSA) is 80.1 Å². The van der Waals surface area contributed by atoms with Gasteiger partial charge >= 0.3 is 0 Å². The van der Waals surface area contributed by atoms with Crippen LogP contribution < -0.4 is 5.32 Å². The quantitative estimate of drug-likeness (QED) is 0.809. The predicted molar refractivity (Wildman–Crippen MR) is 102 cm³/mol. The van der Waals surface area contributed by atoms with Gasteiger partial charge in [0.15, 0.2) is 0 Å². The molecule has 1 aliphatic heterocycles. The van der Waals surface area contributed by atoms with E-state index in [4.69, 9.17) is 0 Å². The molecule has 1 unspecified atom stereocenters. The van der Waals surface area contributed by atoms with E-state index in [1.54, 1.807) is 11.1 Å². The lowest BCUT2D eigenvalue weighted by Gasteiger charge is -2.16. The van der Waals surface area contributed by atoms with Crippen LogP contribution in [0.3, 0.4) is 0 Å². The van der Waals surface area contributed by atoms with Gasteiger partial charge in [0.05, 0.1) is 23.9 Å². The van der Waals surface area contributed by atoms with Gasteiger partial charge in [0.1, 0.15) is 0 Å². The molecule has 144 valence electrons. The summed E-state index contributed by atoms with van der Waals surface area (Å²) in [5, 5.41) is 7.54. The molecule has 1 aliphatic rings. The SMILES string of the molecule is CCCn1nc(C)c(CNC(=O)C2CC(=O)N(Cc3ccccn3)C2)c1C. The Kier molecular flexibility index (Phi) is 5.88. The van der Waals surface area contributed by atoms with Crippen LogP contribution in [0.5, 0.6) is 0 Å². The number of amides is 2. The first-order valence-electron chi connectivity index (χ1n) is 9.47. The molecule has 0 aliphatic carbocycles. The van der Waals surface area contributed by atoms with E-state index in [1.807, 2.05) is 36.7 Å². The van der Waals surface area contributed by atoms with Gasteiger partial charge in [-0.2, -0.15) is 5.10 Å². The summed E-state index contributed by atoms with van der Waals surface area (Å²) in [6.07, 6.45) is 2.99. The van der Waals surface area contributed by atoms with Crippen molar-refractivity contribution in [1.29, 1.82) is 0 Å². The molecule has 1 saturated heterocycles. The Bertz CT molecular complexity index is 815. The first kappa shape index (κ1) is 19.1. The molecule has 2 amide bonds. The molecule has 2 aromatic rings. The van der Waals surface area contributed by atoms with Crippen molar-refractivity contribution in [3.8, 4) is 0 Å². The van der Waals surface area contributed by atoms with Gasteiger partial charge in [0.25, 0.3) is 0 Å². The van der Waals surface area contributed by atoms with E-state index in [2.05, 4.69) is 22.3 Å². The zero-order valence-corrected chi connectivity index (χ0v) is 16.2. The third kappa shape index (κ3) is 4.35. The smallest absolute Gasteiger partial charge is 0.225 e. The molecule has 1 N–H and O–H groups in total. The number of carbonyl (C=O) groups is 2. The van der Waals surface area contributed by atoms with E-state index in [0.717, 1.165) is 35.6 Å². The maximum absolute atomic E-state index is 12.6. The summed E-state index contributed by atoms with van der Waals surface area (Å²) < 4.78 is 1.99. The minimum atomic E-state index is -0.312. The van der Waals surface area contributed by atoms with Crippen LogP contribution in [-0.4, -0.2) is 38.0 Å². The average molecular weight is 369 g/mol. The largest absolute Gasteiger partial charge is 0.352 e. The maximum atomic E-state index is 12.6. The lowest BCUT2D eigenvalue weighted by molar-refractivity contribution is -0.129. The second-order valence-corrected chi connectivity index (χ2v) is 7.09. The van der Waals surface area contributed by atoms with Crippen molar-refractivity contribution in [1.82, 2.24) is 25.0 Å². The predicted octanol–water partition coefficient (Wildman–Crippen LogP) is 1.97. The van der Waals surface area contributed by atoms with Gasteiger partial charge in [-0.05, 0) is 32.4 Å². The van der Waals surface area contributed by atoms with E-state index < -0.39 is 0 Å². The van der Waals surface area contributed by atoms with Gasteiger partial charge in [-0.15, -0.1) is 0 Å². The number of aromatic nitrogens is 3. The van der Waals surface area contributed by atoms with E-state index in [1.165, 1.54) is 0 Å². The summed E-state index contributed by atoms with van der Waals surface area (Å²) in [6, 6.07) is 5.63. The summed E-state index contributed by atoms with van der Waals surface area (Å²) >= 11 is 0. The molecular weight excluding hydrogens is 342 g/mol. The van der Waals surface area contributed by atoms with Gasteiger partial charge in [0.2, 0.25) is 11.8 Å². The highest BCUT2D eigenvalue weighted by Gasteiger charge is 2.34. The van der Waals surface area contributed by atoms with Gasteiger partial charge < -0.3 is 10.2 Å². The number of likely N-dealkylation sites (tertiary alicyclic amines) is 1. The molecular formula is C20H27N5O2. The average Bonchev–Trinajstić information content (AvgIpc) is 3.14. The highest BCUT2D eigenvalue weighted by Crippen LogP contribution is 2.20.